The summed E-state index contributed by atoms with van der Waals surface area (Å²) in [6.07, 6.45) is 2.20. The summed E-state index contributed by atoms with van der Waals surface area (Å²) in [4.78, 5) is 16.2. The number of nitrogens with zero attached hydrogens (tertiary/aromatic N) is 5. The summed E-state index contributed by atoms with van der Waals surface area (Å²) in [5.74, 6) is 1.69. The Bertz CT molecular complexity index is 663. The Hall–Kier alpha value is -1.41. The molecule has 1 aromatic rings. The van der Waals surface area contributed by atoms with Crippen LogP contribution in [-0.4, -0.2) is 62.0 Å². The Morgan fingerprint density at radius 3 is 2.42 bits per heavy atom. The van der Waals surface area contributed by atoms with Crippen LogP contribution in [0.5, 0.6) is 0 Å². The SMILES string of the molecule is Cn1c(C2CC2)nn(CN2CCN(C(=O)OC(C)(C)C)CC2)c1=S. The number of amides is 1. The molecule has 0 atom stereocenters. The highest BCUT2D eigenvalue weighted by Crippen LogP contribution is 2.38. The normalized spacial score (nSPS) is 19.6. The second-order valence-electron chi connectivity index (χ2n) is 7.70. The van der Waals surface area contributed by atoms with Crippen molar-refractivity contribution in [3.8, 4) is 0 Å². The maximum atomic E-state index is 12.1. The predicted octanol–water partition coefficient (Wildman–Crippen LogP) is 2.34. The van der Waals surface area contributed by atoms with E-state index in [-0.39, 0.29) is 6.09 Å². The summed E-state index contributed by atoms with van der Waals surface area (Å²) < 4.78 is 10.1. The van der Waals surface area contributed by atoms with Crippen LogP contribution in [0, 0.1) is 4.77 Å². The number of piperazine rings is 1. The average molecular weight is 353 g/mol. The molecule has 134 valence electrons. The van der Waals surface area contributed by atoms with E-state index in [1.807, 2.05) is 37.1 Å². The molecule has 24 heavy (non-hydrogen) atoms. The number of ether oxygens (including phenoxy) is 1. The molecule has 0 unspecified atom stereocenters. The number of carbonyl (C=O) groups excluding carboxylic acids is 1. The van der Waals surface area contributed by atoms with Crippen molar-refractivity contribution < 1.29 is 9.53 Å². The van der Waals surface area contributed by atoms with Crippen molar-refractivity contribution in [2.75, 3.05) is 26.2 Å². The number of carbonyl (C=O) groups is 1. The third kappa shape index (κ3) is 3.97. The van der Waals surface area contributed by atoms with Gasteiger partial charge in [-0.25, -0.2) is 9.48 Å². The maximum absolute atomic E-state index is 12.1. The molecule has 0 N–H and O–H groups in total. The summed E-state index contributed by atoms with van der Waals surface area (Å²) in [7, 11) is 2.00. The quantitative estimate of drug-likeness (QED) is 0.781. The molecule has 2 heterocycles. The van der Waals surface area contributed by atoms with E-state index in [0.29, 0.717) is 25.7 Å². The molecular weight excluding hydrogens is 326 g/mol. The van der Waals surface area contributed by atoms with E-state index in [2.05, 4.69) is 4.90 Å². The van der Waals surface area contributed by atoms with Gasteiger partial charge in [-0.2, -0.15) is 5.10 Å². The summed E-state index contributed by atoms with van der Waals surface area (Å²) >= 11 is 5.51. The molecule has 2 fully saturated rings. The van der Waals surface area contributed by atoms with Gasteiger partial charge < -0.3 is 14.2 Å². The monoisotopic (exact) mass is 353 g/mol. The van der Waals surface area contributed by atoms with E-state index in [9.17, 15) is 4.79 Å². The van der Waals surface area contributed by atoms with Crippen LogP contribution in [0.4, 0.5) is 4.79 Å². The van der Waals surface area contributed by atoms with Gasteiger partial charge in [0.05, 0.1) is 6.67 Å². The van der Waals surface area contributed by atoms with Crippen LogP contribution >= 0.6 is 12.2 Å². The summed E-state index contributed by atoms with van der Waals surface area (Å²) in [5.41, 5.74) is -0.450. The molecule has 1 saturated carbocycles. The highest BCUT2D eigenvalue weighted by Gasteiger charge is 2.30. The fraction of sp³-hybridized carbons (Fsp3) is 0.812. The first kappa shape index (κ1) is 17.4. The Morgan fingerprint density at radius 1 is 1.25 bits per heavy atom. The van der Waals surface area contributed by atoms with Crippen molar-refractivity contribution in [2.24, 2.45) is 7.05 Å². The summed E-state index contributed by atoms with van der Waals surface area (Å²) in [5, 5.41) is 4.70. The second-order valence-corrected chi connectivity index (χ2v) is 8.07. The standard InChI is InChI=1S/C16H27N5O2S/c1-16(2,3)23-15(22)20-9-7-19(8-10-20)11-21-14(24)18(4)13(17-21)12-5-6-12/h12H,5-11H2,1-4H3. The zero-order valence-electron chi connectivity index (χ0n) is 15.0. The Kier molecular flexibility index (Phi) is 4.70. The molecule has 3 rings (SSSR count). The lowest BCUT2D eigenvalue weighted by molar-refractivity contribution is 0.0113. The average Bonchev–Trinajstić information content (AvgIpc) is 3.29. The van der Waals surface area contributed by atoms with Gasteiger partial charge in [0.15, 0.2) is 4.77 Å². The largest absolute Gasteiger partial charge is 0.444 e. The van der Waals surface area contributed by atoms with E-state index in [0.717, 1.165) is 23.7 Å². The van der Waals surface area contributed by atoms with Gasteiger partial charge in [-0.15, -0.1) is 0 Å². The molecule has 1 aromatic heterocycles. The molecule has 0 radical (unpaired) electrons. The first-order valence-electron chi connectivity index (χ1n) is 8.58. The third-order valence-corrected chi connectivity index (χ3v) is 4.86. The number of hydrogen-bond acceptors (Lipinski definition) is 5. The molecule has 1 amide bonds. The van der Waals surface area contributed by atoms with Crippen LogP contribution in [0.2, 0.25) is 0 Å². The molecule has 0 bridgehead atoms. The minimum absolute atomic E-state index is 0.229. The van der Waals surface area contributed by atoms with Crippen molar-refractivity contribution in [2.45, 2.75) is 51.8 Å². The lowest BCUT2D eigenvalue weighted by atomic mass is 10.2. The van der Waals surface area contributed by atoms with Crippen molar-refractivity contribution in [1.29, 1.82) is 0 Å². The highest BCUT2D eigenvalue weighted by molar-refractivity contribution is 7.71. The second kappa shape index (κ2) is 6.48. The van der Waals surface area contributed by atoms with Crippen LogP contribution in [0.15, 0.2) is 0 Å². The summed E-state index contributed by atoms with van der Waals surface area (Å²) in [6.45, 7) is 9.30. The molecular formula is C16H27N5O2S. The van der Waals surface area contributed by atoms with E-state index in [1.165, 1.54) is 12.8 Å². The Labute approximate surface area is 148 Å². The zero-order chi connectivity index (χ0) is 17.5. The van der Waals surface area contributed by atoms with Crippen molar-refractivity contribution in [3.63, 3.8) is 0 Å². The fourth-order valence-electron chi connectivity index (χ4n) is 2.88. The molecule has 0 spiro atoms. The molecule has 1 aliphatic heterocycles. The first-order chi connectivity index (χ1) is 11.2. The van der Waals surface area contributed by atoms with Gasteiger partial charge in [0.2, 0.25) is 0 Å². The van der Waals surface area contributed by atoms with Crippen LogP contribution in [-0.2, 0) is 18.5 Å². The topological polar surface area (TPSA) is 55.5 Å². The first-order valence-corrected chi connectivity index (χ1v) is 8.99. The fourth-order valence-corrected chi connectivity index (χ4v) is 3.07. The smallest absolute Gasteiger partial charge is 0.410 e. The minimum atomic E-state index is -0.450. The molecule has 1 aliphatic carbocycles. The van der Waals surface area contributed by atoms with Gasteiger partial charge in [-0.05, 0) is 45.8 Å². The minimum Gasteiger partial charge on any atom is -0.444 e. The van der Waals surface area contributed by atoms with E-state index < -0.39 is 5.60 Å². The maximum Gasteiger partial charge on any atom is 0.410 e. The molecule has 7 nitrogen and oxygen atoms in total. The van der Waals surface area contributed by atoms with Crippen molar-refractivity contribution in [3.05, 3.63) is 10.6 Å². The van der Waals surface area contributed by atoms with E-state index in [4.69, 9.17) is 22.1 Å². The lowest BCUT2D eigenvalue weighted by Gasteiger charge is -2.35. The zero-order valence-corrected chi connectivity index (χ0v) is 15.8. The van der Waals surface area contributed by atoms with Crippen LogP contribution < -0.4 is 0 Å². The number of aromatic nitrogens is 3. The molecule has 8 heteroatoms. The van der Waals surface area contributed by atoms with E-state index in [1.54, 1.807) is 4.90 Å². The summed E-state index contributed by atoms with van der Waals surface area (Å²) in [6, 6.07) is 0. The number of hydrogen-bond donors (Lipinski definition) is 0. The molecule has 1 saturated heterocycles. The molecule has 2 aliphatic rings. The third-order valence-electron chi connectivity index (χ3n) is 4.37. The number of rotatable bonds is 3. The lowest BCUT2D eigenvalue weighted by Crippen LogP contribution is -2.50. The van der Waals surface area contributed by atoms with Gasteiger partial charge in [-0.3, -0.25) is 4.90 Å². The van der Waals surface area contributed by atoms with Crippen LogP contribution in [0.25, 0.3) is 0 Å². The Balaban J connectivity index is 1.55. The van der Waals surface area contributed by atoms with Gasteiger partial charge in [0, 0.05) is 39.1 Å². The Morgan fingerprint density at radius 2 is 1.88 bits per heavy atom. The van der Waals surface area contributed by atoms with E-state index >= 15 is 0 Å². The van der Waals surface area contributed by atoms with Crippen molar-refractivity contribution >= 4 is 18.3 Å². The van der Waals surface area contributed by atoms with Crippen molar-refractivity contribution in [1.82, 2.24) is 24.1 Å². The molecule has 0 aromatic carbocycles. The predicted molar refractivity (Wildman–Crippen MR) is 93.4 cm³/mol. The van der Waals surface area contributed by atoms with Crippen LogP contribution in [0.3, 0.4) is 0 Å². The van der Waals surface area contributed by atoms with Gasteiger partial charge >= 0.3 is 6.09 Å². The van der Waals surface area contributed by atoms with Crippen LogP contribution in [0.1, 0.15) is 45.4 Å². The highest BCUT2D eigenvalue weighted by atomic mass is 32.1. The van der Waals surface area contributed by atoms with Gasteiger partial charge in [-0.1, -0.05) is 0 Å². The van der Waals surface area contributed by atoms with Gasteiger partial charge in [0.25, 0.3) is 0 Å². The van der Waals surface area contributed by atoms with Gasteiger partial charge in [0.1, 0.15) is 11.4 Å².